The van der Waals surface area contributed by atoms with Crippen molar-refractivity contribution in [3.63, 3.8) is 0 Å². The Kier molecular flexibility index (Phi) is 1.78. The predicted molar refractivity (Wildman–Crippen MR) is 45.4 cm³/mol. The third-order valence-electron chi connectivity index (χ3n) is 3.38. The summed E-state index contributed by atoms with van der Waals surface area (Å²) >= 11 is 0. The van der Waals surface area contributed by atoms with E-state index in [-0.39, 0.29) is 11.8 Å². The molecule has 1 saturated heterocycles. The van der Waals surface area contributed by atoms with Gasteiger partial charge in [-0.1, -0.05) is 6.92 Å². The van der Waals surface area contributed by atoms with Crippen molar-refractivity contribution in [2.75, 3.05) is 13.1 Å². The minimum absolute atomic E-state index is 0.0642. The number of carbonyl (C=O) groups excluding carboxylic acids is 1. The van der Waals surface area contributed by atoms with Gasteiger partial charge in [-0.25, -0.2) is 4.79 Å². The molecule has 1 aliphatic heterocycles. The molecule has 0 spiro atoms. The monoisotopic (exact) mass is 183 g/mol. The van der Waals surface area contributed by atoms with Crippen LogP contribution >= 0.6 is 0 Å². The zero-order valence-corrected chi connectivity index (χ0v) is 7.56. The summed E-state index contributed by atoms with van der Waals surface area (Å²) < 4.78 is 0. The fourth-order valence-corrected chi connectivity index (χ4v) is 2.52. The number of likely N-dealkylation sites (tertiary alicyclic amines) is 1. The number of amides is 1. The number of rotatable bonds is 0. The van der Waals surface area contributed by atoms with Gasteiger partial charge in [-0.05, 0) is 11.8 Å². The molecule has 1 N–H and O–H groups in total. The Labute approximate surface area is 76.5 Å². The molecule has 72 valence electrons. The van der Waals surface area contributed by atoms with Crippen molar-refractivity contribution in [1.82, 2.24) is 4.90 Å². The molecule has 3 atom stereocenters. The molecule has 4 heteroatoms. The van der Waals surface area contributed by atoms with Gasteiger partial charge in [0.15, 0.2) is 0 Å². The standard InChI is InChI=1S/C9H13NO3/c1-5-7-4-10(9(12)13)3-6(7)2-8(5)11/h5-7H,2-4H2,1H3,(H,12,13). The summed E-state index contributed by atoms with van der Waals surface area (Å²) in [5.41, 5.74) is 0. The van der Waals surface area contributed by atoms with Crippen LogP contribution in [0.5, 0.6) is 0 Å². The summed E-state index contributed by atoms with van der Waals surface area (Å²) in [6.07, 6.45) is -0.274. The molecular formula is C9H13NO3. The first-order valence-electron chi connectivity index (χ1n) is 4.60. The Bertz CT molecular complexity index is 264. The summed E-state index contributed by atoms with van der Waals surface area (Å²) in [6, 6.07) is 0. The topological polar surface area (TPSA) is 57.6 Å². The highest BCUT2D eigenvalue weighted by Crippen LogP contribution is 2.39. The Morgan fingerprint density at radius 1 is 1.54 bits per heavy atom. The first kappa shape index (κ1) is 8.53. The van der Waals surface area contributed by atoms with Crippen LogP contribution in [0.15, 0.2) is 0 Å². The fraction of sp³-hybridized carbons (Fsp3) is 0.778. The number of carboxylic acid groups (broad SMARTS) is 1. The van der Waals surface area contributed by atoms with E-state index in [0.717, 1.165) is 0 Å². The van der Waals surface area contributed by atoms with Crippen molar-refractivity contribution in [1.29, 1.82) is 0 Å². The molecule has 0 bridgehead atoms. The molecule has 0 aromatic rings. The number of hydrogen-bond acceptors (Lipinski definition) is 2. The maximum atomic E-state index is 11.3. The van der Waals surface area contributed by atoms with Crippen LogP contribution in [0.2, 0.25) is 0 Å². The number of fused-ring (bicyclic) bond motifs is 1. The summed E-state index contributed by atoms with van der Waals surface area (Å²) in [5, 5.41) is 8.76. The molecule has 1 amide bonds. The molecule has 0 aromatic carbocycles. The van der Waals surface area contributed by atoms with E-state index in [1.807, 2.05) is 6.92 Å². The number of nitrogens with zero attached hydrogens (tertiary/aromatic N) is 1. The molecule has 4 nitrogen and oxygen atoms in total. The zero-order chi connectivity index (χ0) is 9.59. The third-order valence-corrected chi connectivity index (χ3v) is 3.38. The Morgan fingerprint density at radius 3 is 2.77 bits per heavy atom. The fourth-order valence-electron chi connectivity index (χ4n) is 2.52. The van der Waals surface area contributed by atoms with E-state index in [9.17, 15) is 9.59 Å². The third kappa shape index (κ3) is 1.20. The van der Waals surface area contributed by atoms with Gasteiger partial charge in [-0.3, -0.25) is 4.79 Å². The van der Waals surface area contributed by atoms with Crippen LogP contribution < -0.4 is 0 Å². The van der Waals surface area contributed by atoms with Crippen LogP contribution in [-0.4, -0.2) is 35.0 Å². The minimum atomic E-state index is -0.853. The average molecular weight is 183 g/mol. The van der Waals surface area contributed by atoms with Gasteiger partial charge < -0.3 is 10.0 Å². The normalized spacial score (nSPS) is 38.1. The number of ketones is 1. The lowest BCUT2D eigenvalue weighted by molar-refractivity contribution is -0.121. The summed E-state index contributed by atoms with van der Waals surface area (Å²) in [5.74, 6) is 0.941. The summed E-state index contributed by atoms with van der Waals surface area (Å²) in [7, 11) is 0. The summed E-state index contributed by atoms with van der Waals surface area (Å²) in [6.45, 7) is 3.02. The SMILES string of the molecule is CC1C(=O)CC2CN(C(=O)O)CC21. The average Bonchev–Trinajstić information content (AvgIpc) is 2.55. The van der Waals surface area contributed by atoms with Crippen molar-refractivity contribution in [2.45, 2.75) is 13.3 Å². The van der Waals surface area contributed by atoms with Crippen LogP contribution in [0.3, 0.4) is 0 Å². The largest absolute Gasteiger partial charge is 0.465 e. The van der Waals surface area contributed by atoms with Crippen molar-refractivity contribution >= 4 is 11.9 Å². The second-order valence-electron chi connectivity index (χ2n) is 4.07. The van der Waals surface area contributed by atoms with Crippen LogP contribution in [0.4, 0.5) is 4.79 Å². The second kappa shape index (κ2) is 2.72. The number of carbonyl (C=O) groups is 2. The van der Waals surface area contributed by atoms with Gasteiger partial charge in [-0.2, -0.15) is 0 Å². The lowest BCUT2D eigenvalue weighted by Crippen LogP contribution is -2.29. The maximum Gasteiger partial charge on any atom is 0.407 e. The van der Waals surface area contributed by atoms with E-state index < -0.39 is 6.09 Å². The second-order valence-corrected chi connectivity index (χ2v) is 4.07. The van der Waals surface area contributed by atoms with E-state index >= 15 is 0 Å². The highest BCUT2D eigenvalue weighted by Gasteiger charge is 2.46. The van der Waals surface area contributed by atoms with Crippen LogP contribution in [0.25, 0.3) is 0 Å². The molecule has 2 rings (SSSR count). The summed E-state index contributed by atoms with van der Waals surface area (Å²) in [4.78, 5) is 23.4. The zero-order valence-electron chi connectivity index (χ0n) is 7.56. The quantitative estimate of drug-likeness (QED) is 0.605. The van der Waals surface area contributed by atoms with Crippen LogP contribution in [0, 0.1) is 17.8 Å². The van der Waals surface area contributed by atoms with E-state index in [0.29, 0.717) is 31.2 Å². The molecule has 3 unspecified atom stereocenters. The lowest BCUT2D eigenvalue weighted by Gasteiger charge is -2.14. The minimum Gasteiger partial charge on any atom is -0.465 e. The Morgan fingerprint density at radius 2 is 2.23 bits per heavy atom. The predicted octanol–water partition coefficient (Wildman–Crippen LogP) is 0.821. The number of hydrogen-bond donors (Lipinski definition) is 1. The lowest BCUT2D eigenvalue weighted by atomic mass is 9.94. The van der Waals surface area contributed by atoms with E-state index in [1.54, 1.807) is 0 Å². The van der Waals surface area contributed by atoms with Crippen molar-refractivity contribution in [2.24, 2.45) is 17.8 Å². The van der Waals surface area contributed by atoms with Crippen molar-refractivity contribution < 1.29 is 14.7 Å². The molecule has 1 saturated carbocycles. The Hall–Kier alpha value is -1.06. The molecular weight excluding hydrogens is 170 g/mol. The van der Waals surface area contributed by atoms with Crippen molar-refractivity contribution in [3.05, 3.63) is 0 Å². The first-order chi connectivity index (χ1) is 6.09. The molecule has 1 heterocycles. The van der Waals surface area contributed by atoms with E-state index in [1.165, 1.54) is 4.90 Å². The van der Waals surface area contributed by atoms with Gasteiger partial charge in [-0.15, -0.1) is 0 Å². The van der Waals surface area contributed by atoms with Gasteiger partial charge in [0.25, 0.3) is 0 Å². The van der Waals surface area contributed by atoms with Crippen LogP contribution in [-0.2, 0) is 4.79 Å². The number of Topliss-reactive ketones (excluding diaryl/α,β-unsaturated/α-hetero) is 1. The van der Waals surface area contributed by atoms with Gasteiger partial charge in [0.1, 0.15) is 5.78 Å². The van der Waals surface area contributed by atoms with Gasteiger partial charge in [0.05, 0.1) is 0 Å². The molecule has 0 radical (unpaired) electrons. The van der Waals surface area contributed by atoms with E-state index in [4.69, 9.17) is 5.11 Å². The van der Waals surface area contributed by atoms with Crippen LogP contribution in [0.1, 0.15) is 13.3 Å². The highest BCUT2D eigenvalue weighted by molar-refractivity contribution is 5.84. The van der Waals surface area contributed by atoms with Gasteiger partial charge in [0.2, 0.25) is 0 Å². The Balaban J connectivity index is 2.09. The molecule has 1 aliphatic carbocycles. The first-order valence-corrected chi connectivity index (χ1v) is 4.60. The highest BCUT2D eigenvalue weighted by atomic mass is 16.4. The molecule has 2 aliphatic rings. The molecule has 13 heavy (non-hydrogen) atoms. The molecule has 0 aromatic heterocycles. The van der Waals surface area contributed by atoms with Crippen molar-refractivity contribution in [3.8, 4) is 0 Å². The van der Waals surface area contributed by atoms with Gasteiger partial charge in [0, 0.05) is 25.4 Å². The van der Waals surface area contributed by atoms with E-state index in [2.05, 4.69) is 0 Å². The maximum absolute atomic E-state index is 11.3. The smallest absolute Gasteiger partial charge is 0.407 e. The molecule has 2 fully saturated rings. The van der Waals surface area contributed by atoms with Gasteiger partial charge >= 0.3 is 6.09 Å².